The van der Waals surface area contributed by atoms with Crippen LogP contribution < -0.4 is 10.2 Å². The van der Waals surface area contributed by atoms with Crippen LogP contribution in [-0.2, 0) is 12.8 Å². The van der Waals surface area contributed by atoms with Crippen LogP contribution in [-0.4, -0.2) is 46.2 Å². The number of hydrogen-bond acceptors (Lipinski definition) is 5. The number of aryl methyl sites for hydroxylation is 1. The average molecular weight is 380 g/mol. The molecule has 0 aromatic carbocycles. The fourth-order valence-electron chi connectivity index (χ4n) is 4.25. The Hall–Kier alpha value is -2.47. The Labute approximate surface area is 166 Å². The van der Waals surface area contributed by atoms with Gasteiger partial charge >= 0.3 is 0 Å². The topological polar surface area (TPSA) is 78.3 Å². The number of carbonyl (C=O) groups excluding carboxylic acids is 1. The third-order valence-corrected chi connectivity index (χ3v) is 6.02. The highest BCUT2D eigenvalue weighted by Gasteiger charge is 2.30. The van der Waals surface area contributed by atoms with Gasteiger partial charge in [-0.25, -0.2) is 4.98 Å². The molecule has 28 heavy (non-hydrogen) atoms. The van der Waals surface area contributed by atoms with Gasteiger partial charge in [-0.05, 0) is 55.9 Å². The third kappa shape index (κ3) is 3.87. The highest BCUT2D eigenvalue weighted by Crippen LogP contribution is 2.31. The quantitative estimate of drug-likeness (QED) is 0.852. The van der Waals surface area contributed by atoms with E-state index < -0.39 is 6.10 Å². The number of aromatic nitrogens is 2. The number of nitrogens with zero attached hydrogens (tertiary/aromatic N) is 3. The molecule has 0 saturated heterocycles. The fourth-order valence-corrected chi connectivity index (χ4v) is 4.25. The second-order valence-electron chi connectivity index (χ2n) is 8.09. The first-order chi connectivity index (χ1) is 13.5. The summed E-state index contributed by atoms with van der Waals surface area (Å²) in [6.45, 7) is 1.99. The van der Waals surface area contributed by atoms with Crippen LogP contribution in [0, 0.1) is 6.92 Å². The molecule has 1 aliphatic heterocycles. The SMILES string of the molecule is Cc1ccc(CC2Cc3ccc(C(=O)N[C@H]4CCCC[C@@H]4O)nc3N2C)cn1. The molecule has 6 heteroatoms. The molecule has 1 aliphatic carbocycles. The molecule has 3 atom stereocenters. The number of fused-ring (bicyclic) bond motifs is 1. The molecule has 2 aliphatic rings. The Morgan fingerprint density at radius 1 is 1.25 bits per heavy atom. The van der Waals surface area contributed by atoms with E-state index in [1.165, 1.54) is 11.1 Å². The van der Waals surface area contributed by atoms with E-state index in [9.17, 15) is 9.90 Å². The lowest BCUT2D eigenvalue weighted by Crippen LogP contribution is -2.45. The van der Waals surface area contributed by atoms with Gasteiger partial charge in [-0.15, -0.1) is 0 Å². The molecule has 0 spiro atoms. The number of nitrogens with one attached hydrogen (secondary N) is 1. The molecule has 0 radical (unpaired) electrons. The number of pyridine rings is 2. The van der Waals surface area contributed by atoms with Crippen LogP contribution >= 0.6 is 0 Å². The van der Waals surface area contributed by atoms with Crippen LogP contribution in [0.15, 0.2) is 30.5 Å². The first kappa shape index (κ1) is 18.9. The highest BCUT2D eigenvalue weighted by molar-refractivity contribution is 5.93. The predicted molar refractivity (Wildman–Crippen MR) is 109 cm³/mol. The zero-order valence-corrected chi connectivity index (χ0v) is 16.6. The second-order valence-corrected chi connectivity index (χ2v) is 8.09. The molecule has 2 aromatic heterocycles. The molecular formula is C22H28N4O2. The first-order valence-corrected chi connectivity index (χ1v) is 10.1. The zero-order valence-electron chi connectivity index (χ0n) is 16.6. The fraction of sp³-hybridized carbons (Fsp3) is 0.500. The standard InChI is InChI=1S/C22H28N4O2/c1-14-7-8-15(13-23-14)11-17-12-16-9-10-19(24-21(16)26(17)2)22(28)25-18-5-3-4-6-20(18)27/h7-10,13,17-18,20,27H,3-6,11-12H2,1-2H3,(H,25,28)/t17?,18-,20-/m0/s1. The van der Waals surface area contributed by atoms with Crippen LogP contribution in [0.5, 0.6) is 0 Å². The number of aliphatic hydroxyl groups excluding tert-OH is 1. The molecule has 1 fully saturated rings. The maximum Gasteiger partial charge on any atom is 0.270 e. The molecule has 4 rings (SSSR count). The lowest BCUT2D eigenvalue weighted by atomic mass is 9.92. The summed E-state index contributed by atoms with van der Waals surface area (Å²) in [5.41, 5.74) is 3.81. The average Bonchev–Trinajstić information content (AvgIpc) is 3.00. The van der Waals surface area contributed by atoms with E-state index in [0.29, 0.717) is 11.7 Å². The number of aliphatic hydroxyl groups is 1. The monoisotopic (exact) mass is 380 g/mol. The van der Waals surface area contributed by atoms with Gasteiger partial charge in [0.1, 0.15) is 11.5 Å². The van der Waals surface area contributed by atoms with Crippen molar-refractivity contribution in [3.63, 3.8) is 0 Å². The number of rotatable bonds is 4. The molecule has 1 unspecified atom stereocenters. The van der Waals surface area contributed by atoms with Crippen molar-refractivity contribution >= 4 is 11.7 Å². The van der Waals surface area contributed by atoms with Crippen LogP contribution in [0.3, 0.4) is 0 Å². The molecular weight excluding hydrogens is 352 g/mol. The largest absolute Gasteiger partial charge is 0.391 e. The van der Waals surface area contributed by atoms with Gasteiger partial charge < -0.3 is 15.3 Å². The lowest BCUT2D eigenvalue weighted by Gasteiger charge is -2.28. The van der Waals surface area contributed by atoms with Gasteiger partial charge in [0.15, 0.2) is 0 Å². The summed E-state index contributed by atoms with van der Waals surface area (Å²) in [4.78, 5) is 23.9. The molecule has 148 valence electrons. The summed E-state index contributed by atoms with van der Waals surface area (Å²) >= 11 is 0. The molecule has 2 aromatic rings. The smallest absolute Gasteiger partial charge is 0.270 e. The van der Waals surface area contributed by atoms with Gasteiger partial charge in [0.05, 0.1) is 12.1 Å². The van der Waals surface area contributed by atoms with Crippen molar-refractivity contribution in [3.05, 3.63) is 53.0 Å². The van der Waals surface area contributed by atoms with Gasteiger partial charge in [-0.3, -0.25) is 9.78 Å². The van der Waals surface area contributed by atoms with E-state index >= 15 is 0 Å². The first-order valence-electron chi connectivity index (χ1n) is 10.1. The minimum Gasteiger partial charge on any atom is -0.391 e. The van der Waals surface area contributed by atoms with Crippen LogP contribution in [0.1, 0.15) is 53.0 Å². The van der Waals surface area contributed by atoms with Gasteiger partial charge in [-0.1, -0.05) is 25.0 Å². The molecule has 0 bridgehead atoms. The Kier molecular flexibility index (Phi) is 5.31. The molecule has 1 amide bonds. The molecule has 1 saturated carbocycles. The summed E-state index contributed by atoms with van der Waals surface area (Å²) in [5, 5.41) is 13.1. The van der Waals surface area contributed by atoms with Crippen molar-refractivity contribution in [1.82, 2.24) is 15.3 Å². The number of anilines is 1. The zero-order chi connectivity index (χ0) is 19.7. The van der Waals surface area contributed by atoms with E-state index in [0.717, 1.165) is 50.0 Å². The minimum absolute atomic E-state index is 0.171. The van der Waals surface area contributed by atoms with Crippen molar-refractivity contribution in [1.29, 1.82) is 0 Å². The lowest BCUT2D eigenvalue weighted by molar-refractivity contribution is 0.0714. The van der Waals surface area contributed by atoms with Crippen LogP contribution in [0.25, 0.3) is 0 Å². The van der Waals surface area contributed by atoms with Gasteiger partial charge in [-0.2, -0.15) is 0 Å². The number of amides is 1. The van der Waals surface area contributed by atoms with E-state index in [-0.39, 0.29) is 11.9 Å². The maximum absolute atomic E-state index is 12.7. The van der Waals surface area contributed by atoms with E-state index in [4.69, 9.17) is 0 Å². The Morgan fingerprint density at radius 3 is 2.82 bits per heavy atom. The van der Waals surface area contributed by atoms with Gasteiger partial charge in [0, 0.05) is 25.0 Å². The molecule has 6 nitrogen and oxygen atoms in total. The second kappa shape index (κ2) is 7.87. The minimum atomic E-state index is -0.456. The van der Waals surface area contributed by atoms with Gasteiger partial charge in [0.25, 0.3) is 5.91 Å². The van der Waals surface area contributed by atoms with Crippen molar-refractivity contribution in [2.24, 2.45) is 0 Å². The summed E-state index contributed by atoms with van der Waals surface area (Å²) in [5.74, 6) is 0.676. The number of hydrogen-bond donors (Lipinski definition) is 2. The Morgan fingerprint density at radius 2 is 2.07 bits per heavy atom. The van der Waals surface area contributed by atoms with Crippen LogP contribution in [0.2, 0.25) is 0 Å². The Bertz CT molecular complexity index is 852. The number of likely N-dealkylation sites (N-methyl/N-ethyl adjacent to an activating group) is 1. The number of carbonyl (C=O) groups is 1. The normalized spacial score (nSPS) is 24.1. The van der Waals surface area contributed by atoms with E-state index in [2.05, 4.69) is 26.3 Å². The summed E-state index contributed by atoms with van der Waals surface area (Å²) < 4.78 is 0. The summed E-state index contributed by atoms with van der Waals surface area (Å²) in [6.07, 6.45) is 6.93. The third-order valence-electron chi connectivity index (χ3n) is 6.02. The molecule has 3 heterocycles. The highest BCUT2D eigenvalue weighted by atomic mass is 16.3. The van der Waals surface area contributed by atoms with Crippen molar-refractivity contribution < 1.29 is 9.90 Å². The van der Waals surface area contributed by atoms with Crippen molar-refractivity contribution in [3.8, 4) is 0 Å². The summed E-state index contributed by atoms with van der Waals surface area (Å²) in [6, 6.07) is 8.12. The van der Waals surface area contributed by atoms with E-state index in [1.54, 1.807) is 6.07 Å². The summed E-state index contributed by atoms with van der Waals surface area (Å²) in [7, 11) is 2.04. The van der Waals surface area contributed by atoms with Crippen molar-refractivity contribution in [2.75, 3.05) is 11.9 Å². The maximum atomic E-state index is 12.7. The molecule has 2 N–H and O–H groups in total. The van der Waals surface area contributed by atoms with E-state index in [1.807, 2.05) is 32.3 Å². The van der Waals surface area contributed by atoms with Crippen molar-refractivity contribution in [2.45, 2.75) is 63.6 Å². The Balaban J connectivity index is 1.45. The predicted octanol–water partition coefficient (Wildman–Crippen LogP) is 2.42. The van der Waals surface area contributed by atoms with Crippen LogP contribution in [0.4, 0.5) is 5.82 Å². The van der Waals surface area contributed by atoms with Gasteiger partial charge in [0.2, 0.25) is 0 Å².